The summed E-state index contributed by atoms with van der Waals surface area (Å²) in [6.07, 6.45) is 0. The molecule has 21 heavy (non-hydrogen) atoms. The fourth-order valence-electron chi connectivity index (χ4n) is 2.06. The van der Waals surface area contributed by atoms with Gasteiger partial charge in [-0.25, -0.2) is 27.9 Å². The second kappa shape index (κ2) is 4.48. The van der Waals surface area contributed by atoms with Crippen molar-refractivity contribution in [1.82, 2.24) is 18.5 Å². The van der Waals surface area contributed by atoms with E-state index in [2.05, 4.69) is 9.36 Å². The first kappa shape index (κ1) is 13.9. The zero-order valence-electron chi connectivity index (χ0n) is 11.1. The van der Waals surface area contributed by atoms with Crippen molar-refractivity contribution in [2.45, 2.75) is 11.8 Å². The SMILES string of the molecule is Cc1nsc(-n2c(=O)n(C)c3ccc(S(N)(=O)=O)cc32)n1. The Morgan fingerprint density at radius 3 is 2.57 bits per heavy atom. The first-order chi connectivity index (χ1) is 9.79. The van der Waals surface area contributed by atoms with E-state index in [0.717, 1.165) is 11.5 Å². The molecule has 110 valence electrons. The number of hydrogen-bond donors (Lipinski definition) is 1. The van der Waals surface area contributed by atoms with E-state index in [1.54, 1.807) is 20.0 Å². The van der Waals surface area contributed by atoms with Crippen molar-refractivity contribution in [3.8, 4) is 5.13 Å². The smallest absolute Gasteiger partial charge is 0.295 e. The highest BCUT2D eigenvalue weighted by Gasteiger charge is 2.18. The summed E-state index contributed by atoms with van der Waals surface area (Å²) in [6.45, 7) is 1.71. The van der Waals surface area contributed by atoms with Crippen LogP contribution in [0.1, 0.15) is 5.82 Å². The lowest BCUT2D eigenvalue weighted by molar-refractivity contribution is 0.598. The van der Waals surface area contributed by atoms with Crippen molar-refractivity contribution in [3.63, 3.8) is 0 Å². The van der Waals surface area contributed by atoms with E-state index in [1.807, 2.05) is 0 Å². The van der Waals surface area contributed by atoms with Crippen molar-refractivity contribution in [1.29, 1.82) is 0 Å². The summed E-state index contributed by atoms with van der Waals surface area (Å²) in [5.41, 5.74) is 0.679. The van der Waals surface area contributed by atoms with Gasteiger partial charge in [0.1, 0.15) is 5.82 Å². The minimum atomic E-state index is -3.85. The monoisotopic (exact) mass is 325 g/mol. The first-order valence-corrected chi connectivity index (χ1v) is 8.16. The molecule has 3 aromatic rings. The predicted octanol–water partition coefficient (Wildman–Crippen LogP) is 0.137. The second-order valence-electron chi connectivity index (χ2n) is 4.50. The molecule has 0 bridgehead atoms. The molecule has 0 aliphatic rings. The fourth-order valence-corrected chi connectivity index (χ4v) is 3.28. The zero-order chi connectivity index (χ0) is 15.4. The maximum Gasteiger partial charge on any atom is 0.335 e. The van der Waals surface area contributed by atoms with E-state index in [-0.39, 0.29) is 10.6 Å². The summed E-state index contributed by atoms with van der Waals surface area (Å²) in [7, 11) is -2.25. The van der Waals surface area contributed by atoms with Crippen molar-refractivity contribution in [2.75, 3.05) is 0 Å². The Labute approximate surface area is 123 Å². The van der Waals surface area contributed by atoms with Gasteiger partial charge >= 0.3 is 5.69 Å². The Balaban J connectivity index is 2.43. The van der Waals surface area contributed by atoms with E-state index >= 15 is 0 Å². The molecule has 0 radical (unpaired) electrons. The van der Waals surface area contributed by atoms with Gasteiger partial charge in [-0.2, -0.15) is 4.37 Å². The van der Waals surface area contributed by atoms with Crippen LogP contribution >= 0.6 is 11.5 Å². The molecule has 2 heterocycles. The molecule has 2 aromatic heterocycles. The average Bonchev–Trinajstić information content (AvgIpc) is 2.92. The molecule has 0 atom stereocenters. The van der Waals surface area contributed by atoms with E-state index in [0.29, 0.717) is 22.0 Å². The van der Waals surface area contributed by atoms with Crippen LogP contribution in [-0.4, -0.2) is 26.9 Å². The number of aromatic nitrogens is 4. The van der Waals surface area contributed by atoms with Crippen LogP contribution in [0, 0.1) is 6.92 Å². The maximum atomic E-state index is 12.3. The zero-order valence-corrected chi connectivity index (χ0v) is 12.8. The number of imidazole rings is 1. The summed E-state index contributed by atoms with van der Waals surface area (Å²) < 4.78 is 29.7. The number of nitrogens with two attached hydrogens (primary N) is 1. The Bertz CT molecular complexity index is 1010. The van der Waals surface area contributed by atoms with Gasteiger partial charge in [-0.1, -0.05) is 0 Å². The first-order valence-electron chi connectivity index (χ1n) is 5.84. The van der Waals surface area contributed by atoms with Crippen LogP contribution in [0.4, 0.5) is 0 Å². The number of hydrogen-bond acceptors (Lipinski definition) is 6. The Morgan fingerprint density at radius 2 is 2.00 bits per heavy atom. The highest BCUT2D eigenvalue weighted by atomic mass is 32.2. The second-order valence-corrected chi connectivity index (χ2v) is 6.79. The van der Waals surface area contributed by atoms with Crippen molar-refractivity contribution in [3.05, 3.63) is 34.5 Å². The molecule has 0 saturated carbocycles. The minimum absolute atomic E-state index is 0.0596. The molecule has 0 saturated heterocycles. The molecule has 0 amide bonds. The summed E-state index contributed by atoms with van der Waals surface area (Å²) in [5, 5.41) is 5.52. The topological polar surface area (TPSA) is 113 Å². The molecular weight excluding hydrogens is 314 g/mol. The fraction of sp³-hybridized carbons (Fsp3) is 0.182. The van der Waals surface area contributed by atoms with Crippen LogP contribution in [0.25, 0.3) is 16.2 Å². The highest BCUT2D eigenvalue weighted by Crippen LogP contribution is 2.21. The van der Waals surface area contributed by atoms with Gasteiger partial charge in [-0.3, -0.25) is 4.57 Å². The summed E-state index contributed by atoms with van der Waals surface area (Å²) in [6, 6.07) is 4.27. The maximum absolute atomic E-state index is 12.3. The minimum Gasteiger partial charge on any atom is -0.295 e. The normalized spacial score (nSPS) is 12.1. The van der Waals surface area contributed by atoms with E-state index in [4.69, 9.17) is 5.14 Å². The predicted molar refractivity (Wildman–Crippen MR) is 78.1 cm³/mol. The third kappa shape index (κ3) is 2.17. The third-order valence-electron chi connectivity index (χ3n) is 3.06. The molecule has 0 fully saturated rings. The summed E-state index contributed by atoms with van der Waals surface area (Å²) in [4.78, 5) is 16.5. The van der Waals surface area contributed by atoms with Gasteiger partial charge in [-0.05, 0) is 25.1 Å². The molecular formula is C11H11N5O3S2. The van der Waals surface area contributed by atoms with Crippen LogP contribution in [0.15, 0.2) is 27.9 Å². The Morgan fingerprint density at radius 1 is 1.29 bits per heavy atom. The van der Waals surface area contributed by atoms with Crippen molar-refractivity contribution >= 4 is 32.6 Å². The van der Waals surface area contributed by atoms with Crippen LogP contribution < -0.4 is 10.8 Å². The highest BCUT2D eigenvalue weighted by molar-refractivity contribution is 7.89. The lowest BCUT2D eigenvalue weighted by Crippen LogP contribution is -2.20. The van der Waals surface area contributed by atoms with Crippen LogP contribution in [-0.2, 0) is 17.1 Å². The number of benzene rings is 1. The van der Waals surface area contributed by atoms with E-state index in [1.165, 1.54) is 21.3 Å². The van der Waals surface area contributed by atoms with Gasteiger partial charge in [0.25, 0.3) is 0 Å². The summed E-state index contributed by atoms with van der Waals surface area (Å²) in [5.74, 6) is 0.543. The van der Waals surface area contributed by atoms with Gasteiger partial charge in [0.15, 0.2) is 0 Å². The number of primary sulfonamides is 1. The number of rotatable bonds is 2. The van der Waals surface area contributed by atoms with Gasteiger partial charge in [-0.15, -0.1) is 0 Å². The Kier molecular flexibility index (Phi) is 2.97. The molecule has 2 N–H and O–H groups in total. The molecule has 0 aliphatic heterocycles. The Hall–Kier alpha value is -2.04. The van der Waals surface area contributed by atoms with Crippen LogP contribution in [0.3, 0.4) is 0 Å². The van der Waals surface area contributed by atoms with Crippen LogP contribution in [0.5, 0.6) is 0 Å². The van der Waals surface area contributed by atoms with Crippen LogP contribution in [0.2, 0.25) is 0 Å². The molecule has 10 heteroatoms. The van der Waals surface area contributed by atoms with Gasteiger partial charge in [0, 0.05) is 18.6 Å². The molecule has 0 aliphatic carbocycles. The lowest BCUT2D eigenvalue weighted by atomic mass is 10.3. The molecule has 1 aromatic carbocycles. The molecule has 8 nitrogen and oxygen atoms in total. The van der Waals surface area contributed by atoms with Gasteiger partial charge < -0.3 is 0 Å². The van der Waals surface area contributed by atoms with Gasteiger partial charge in [0.2, 0.25) is 15.2 Å². The van der Waals surface area contributed by atoms with E-state index in [9.17, 15) is 13.2 Å². The molecule has 0 unspecified atom stereocenters. The van der Waals surface area contributed by atoms with Crippen molar-refractivity contribution < 1.29 is 8.42 Å². The van der Waals surface area contributed by atoms with Crippen molar-refractivity contribution in [2.24, 2.45) is 12.2 Å². The third-order valence-corrected chi connectivity index (χ3v) is 4.77. The molecule has 0 spiro atoms. The average molecular weight is 325 g/mol. The standard InChI is InChI=1S/C11H11N5O3S2/c1-6-13-10(20-14-6)16-9-5-7(21(12,18)19)3-4-8(9)15(2)11(16)17/h3-5H,1-2H3,(H2,12,18,19). The quantitative estimate of drug-likeness (QED) is 0.720. The number of sulfonamides is 1. The number of aryl methyl sites for hydroxylation is 2. The number of nitrogens with zero attached hydrogens (tertiary/aromatic N) is 4. The number of fused-ring (bicyclic) bond motifs is 1. The lowest BCUT2D eigenvalue weighted by Gasteiger charge is -2.00. The summed E-state index contributed by atoms with van der Waals surface area (Å²) >= 11 is 1.07. The molecule has 3 rings (SSSR count). The van der Waals surface area contributed by atoms with Gasteiger partial charge in [0.05, 0.1) is 15.9 Å². The largest absolute Gasteiger partial charge is 0.335 e. The van der Waals surface area contributed by atoms with E-state index < -0.39 is 10.0 Å².